The van der Waals surface area contributed by atoms with Crippen molar-refractivity contribution in [2.24, 2.45) is 4.99 Å². The molecule has 2 heterocycles. The van der Waals surface area contributed by atoms with Crippen molar-refractivity contribution in [1.29, 1.82) is 0 Å². The van der Waals surface area contributed by atoms with E-state index in [1.807, 2.05) is 0 Å². The Kier molecular flexibility index (Phi) is 5.04. The van der Waals surface area contributed by atoms with Gasteiger partial charge in [-0.1, -0.05) is 0 Å². The van der Waals surface area contributed by atoms with Crippen LogP contribution in [-0.2, 0) is 4.79 Å². The fourth-order valence-electron chi connectivity index (χ4n) is 1.62. The van der Waals surface area contributed by atoms with Gasteiger partial charge in [-0.05, 0) is 18.2 Å². The van der Waals surface area contributed by atoms with Crippen LogP contribution in [0.4, 0.5) is 0 Å². The molecule has 0 saturated heterocycles. The zero-order chi connectivity index (χ0) is 12.7. The van der Waals surface area contributed by atoms with Crippen LogP contribution in [0, 0.1) is 0 Å². The molecule has 8 heteroatoms. The molecule has 1 aromatic heterocycles. The van der Waals surface area contributed by atoms with Crippen molar-refractivity contribution in [1.82, 2.24) is 4.98 Å². The van der Waals surface area contributed by atoms with Crippen molar-refractivity contribution in [3.63, 3.8) is 0 Å². The second-order valence-electron chi connectivity index (χ2n) is 3.77. The van der Waals surface area contributed by atoms with Gasteiger partial charge in [0.1, 0.15) is 15.8 Å². The van der Waals surface area contributed by atoms with E-state index in [0.29, 0.717) is 15.8 Å². The van der Waals surface area contributed by atoms with Gasteiger partial charge in [-0.2, -0.15) is 0 Å². The number of aromatic hydroxyl groups is 1. The van der Waals surface area contributed by atoms with E-state index >= 15 is 0 Å². The molecule has 19 heavy (non-hydrogen) atoms. The van der Waals surface area contributed by atoms with Crippen LogP contribution in [0.15, 0.2) is 23.2 Å². The van der Waals surface area contributed by atoms with Gasteiger partial charge in [0, 0.05) is 57.1 Å². The quantitative estimate of drug-likeness (QED) is 0.821. The zero-order valence-electron chi connectivity index (χ0n) is 10.0. The third-order valence-corrected chi connectivity index (χ3v) is 4.70. The van der Waals surface area contributed by atoms with E-state index < -0.39 is 12.0 Å². The first kappa shape index (κ1) is 15.4. The molecule has 1 atom stereocenters. The van der Waals surface area contributed by atoms with Crippen LogP contribution in [0.25, 0.3) is 10.2 Å². The Morgan fingerprint density at radius 3 is 2.89 bits per heavy atom. The van der Waals surface area contributed by atoms with Crippen molar-refractivity contribution in [3.05, 3.63) is 23.2 Å². The molecule has 3 rings (SSSR count). The van der Waals surface area contributed by atoms with Gasteiger partial charge in [-0.3, -0.25) is 4.99 Å². The van der Waals surface area contributed by atoms with Crippen LogP contribution < -0.4 is 0 Å². The predicted octanol–water partition coefficient (Wildman–Crippen LogP) is 1.57. The SMILES string of the molecule is O=C(O)[C@@H]1CSC(c2nc3ccc(O)cc3s2)=N1.[K]. The molecule has 2 aromatic rings. The third-order valence-electron chi connectivity index (χ3n) is 2.49. The number of carboxylic acid groups (broad SMARTS) is 1. The monoisotopic (exact) mass is 319 g/mol. The Morgan fingerprint density at radius 1 is 1.42 bits per heavy atom. The Hall–Kier alpha value is 0.0364. The van der Waals surface area contributed by atoms with Gasteiger partial charge < -0.3 is 10.2 Å². The second kappa shape index (κ2) is 6.21. The minimum absolute atomic E-state index is 0. The first-order chi connectivity index (χ1) is 8.63. The first-order valence-corrected chi connectivity index (χ1v) is 6.97. The molecule has 5 nitrogen and oxygen atoms in total. The number of rotatable bonds is 2. The van der Waals surface area contributed by atoms with Gasteiger partial charge in [0.25, 0.3) is 0 Å². The van der Waals surface area contributed by atoms with Crippen molar-refractivity contribution in [2.45, 2.75) is 6.04 Å². The molecule has 2 N–H and O–H groups in total. The number of thioether (sulfide) groups is 1. The average Bonchev–Trinajstić information content (AvgIpc) is 2.93. The summed E-state index contributed by atoms with van der Waals surface area (Å²) in [6, 6.07) is 4.28. The van der Waals surface area contributed by atoms with Crippen molar-refractivity contribution in [2.75, 3.05) is 5.75 Å². The van der Waals surface area contributed by atoms with Crippen molar-refractivity contribution >= 4 is 95.7 Å². The van der Waals surface area contributed by atoms with Crippen LogP contribution >= 0.6 is 23.1 Å². The van der Waals surface area contributed by atoms with E-state index in [1.165, 1.54) is 23.1 Å². The summed E-state index contributed by atoms with van der Waals surface area (Å²) in [5.41, 5.74) is 0.787. The summed E-state index contributed by atoms with van der Waals surface area (Å²) < 4.78 is 0.868. The van der Waals surface area contributed by atoms with Gasteiger partial charge >= 0.3 is 5.97 Å². The fraction of sp³-hybridized carbons (Fsp3) is 0.182. The molecule has 1 radical (unpaired) electrons. The Balaban J connectivity index is 0.00000133. The van der Waals surface area contributed by atoms with E-state index in [-0.39, 0.29) is 57.1 Å². The van der Waals surface area contributed by atoms with Gasteiger partial charge in [-0.15, -0.1) is 23.1 Å². The van der Waals surface area contributed by atoms with E-state index in [0.717, 1.165) is 10.2 Å². The molecule has 0 bridgehead atoms. The number of hydrogen-bond donors (Lipinski definition) is 2. The molecule has 0 amide bonds. The number of hydrogen-bond acceptors (Lipinski definition) is 6. The number of carboxylic acids is 1. The smallest absolute Gasteiger partial charge is 0.329 e. The maximum atomic E-state index is 10.8. The Morgan fingerprint density at radius 2 is 2.21 bits per heavy atom. The number of phenolic OH excluding ortho intramolecular Hbond substituents is 1. The van der Waals surface area contributed by atoms with Gasteiger partial charge in [-0.25, -0.2) is 9.78 Å². The van der Waals surface area contributed by atoms with Crippen LogP contribution in [0.5, 0.6) is 5.75 Å². The third kappa shape index (κ3) is 3.21. The number of fused-ring (bicyclic) bond motifs is 1. The summed E-state index contributed by atoms with van der Waals surface area (Å²) in [7, 11) is 0. The molecule has 1 aromatic carbocycles. The summed E-state index contributed by atoms with van der Waals surface area (Å²) in [5, 5.41) is 19.7. The number of thiazole rings is 1. The van der Waals surface area contributed by atoms with Crippen molar-refractivity contribution in [3.8, 4) is 5.75 Å². The molecule has 0 fully saturated rings. The maximum absolute atomic E-state index is 10.8. The Bertz CT molecular complexity index is 671. The van der Waals surface area contributed by atoms with Crippen LogP contribution in [0.1, 0.15) is 5.01 Å². The summed E-state index contributed by atoms with van der Waals surface area (Å²) in [4.78, 5) is 19.4. The fourth-order valence-corrected chi connectivity index (χ4v) is 3.72. The number of aromatic nitrogens is 1. The number of aliphatic carboxylic acids is 1. The summed E-state index contributed by atoms with van der Waals surface area (Å²) in [5.74, 6) is -0.260. The predicted molar refractivity (Wildman–Crippen MR) is 77.5 cm³/mol. The standard InChI is InChI=1S/C11H8N2O3S2.K/c14-5-1-2-6-8(3-5)18-10(12-6)9-13-7(4-17-9)11(15)16;/h1-3,7,14H,4H2,(H,15,16);/t7-;/m0./s1. The van der Waals surface area contributed by atoms with Gasteiger partial charge in [0.05, 0.1) is 10.2 Å². The number of aliphatic imine (C=N–C) groups is 1. The number of phenols is 1. The van der Waals surface area contributed by atoms with E-state index in [2.05, 4.69) is 9.98 Å². The van der Waals surface area contributed by atoms with Gasteiger partial charge in [0.2, 0.25) is 0 Å². The normalized spacial score (nSPS) is 18.1. The number of nitrogens with zero attached hydrogens (tertiary/aromatic N) is 2. The molecule has 0 spiro atoms. The average molecular weight is 319 g/mol. The second-order valence-corrected chi connectivity index (χ2v) is 5.81. The molecule has 93 valence electrons. The first-order valence-electron chi connectivity index (χ1n) is 5.17. The van der Waals surface area contributed by atoms with Gasteiger partial charge in [0.15, 0.2) is 6.04 Å². The minimum Gasteiger partial charge on any atom is -0.508 e. The van der Waals surface area contributed by atoms with E-state index in [4.69, 9.17) is 5.11 Å². The number of benzene rings is 1. The molecule has 0 unspecified atom stereocenters. The van der Waals surface area contributed by atoms with E-state index in [9.17, 15) is 9.90 Å². The molecular formula is C11H8KN2O3S2. The summed E-state index contributed by atoms with van der Waals surface area (Å²) in [6.45, 7) is 0. The molecule has 0 aliphatic carbocycles. The Labute approximate surface area is 159 Å². The van der Waals surface area contributed by atoms with Crippen LogP contribution in [0.3, 0.4) is 0 Å². The topological polar surface area (TPSA) is 82.8 Å². The molecule has 1 aliphatic heterocycles. The van der Waals surface area contributed by atoms with Crippen LogP contribution in [0.2, 0.25) is 0 Å². The number of carbonyl (C=O) groups is 1. The van der Waals surface area contributed by atoms with E-state index in [1.54, 1.807) is 18.2 Å². The summed E-state index contributed by atoms with van der Waals surface area (Å²) >= 11 is 2.81. The molecule has 1 aliphatic rings. The minimum atomic E-state index is -0.906. The summed E-state index contributed by atoms with van der Waals surface area (Å²) in [6.07, 6.45) is 0. The molecule has 0 saturated carbocycles. The largest absolute Gasteiger partial charge is 0.508 e. The van der Waals surface area contributed by atoms with Crippen molar-refractivity contribution < 1.29 is 15.0 Å². The van der Waals surface area contributed by atoms with Crippen LogP contribution in [-0.4, -0.2) is 89.4 Å². The zero-order valence-corrected chi connectivity index (χ0v) is 14.8. The molecular weight excluding hydrogens is 311 g/mol. The maximum Gasteiger partial charge on any atom is 0.329 e.